The molecule has 0 saturated carbocycles. The van der Waals surface area contributed by atoms with Gasteiger partial charge in [-0.2, -0.15) is 0 Å². The smallest absolute Gasteiger partial charge is 0.0704 e. The van der Waals surface area contributed by atoms with E-state index in [-0.39, 0.29) is 6.10 Å². The fourth-order valence-corrected chi connectivity index (χ4v) is 1.10. The molecule has 0 saturated heterocycles. The molecule has 0 aromatic carbocycles. The van der Waals surface area contributed by atoms with Crippen LogP contribution in [0.4, 0.5) is 0 Å². The van der Waals surface area contributed by atoms with Crippen LogP contribution in [0.15, 0.2) is 24.5 Å². The summed E-state index contributed by atoms with van der Waals surface area (Å²) in [5, 5.41) is 12.3. The molecule has 0 fully saturated rings. The number of rotatable bonds is 4. The van der Waals surface area contributed by atoms with Crippen molar-refractivity contribution in [2.24, 2.45) is 0 Å². The molecule has 0 radical (unpaired) electrons. The third kappa shape index (κ3) is 2.98. The fraction of sp³-hybridized carbons (Fsp3) is 0.444. The molecule has 1 aromatic rings. The van der Waals surface area contributed by atoms with Crippen molar-refractivity contribution < 1.29 is 5.11 Å². The van der Waals surface area contributed by atoms with Gasteiger partial charge in [-0.15, -0.1) is 0 Å². The van der Waals surface area contributed by atoms with Gasteiger partial charge in [0, 0.05) is 18.9 Å². The van der Waals surface area contributed by atoms with E-state index in [1.165, 1.54) is 0 Å². The topological polar surface area (TPSA) is 45.1 Å². The third-order valence-electron chi connectivity index (χ3n) is 1.66. The van der Waals surface area contributed by atoms with Gasteiger partial charge in [0.1, 0.15) is 0 Å². The number of hydrogen-bond donors (Lipinski definition) is 2. The molecule has 1 heterocycles. The molecule has 0 aliphatic heterocycles. The largest absolute Gasteiger partial charge is 0.391 e. The zero-order valence-electron chi connectivity index (χ0n) is 7.20. The average molecular weight is 166 g/mol. The normalized spacial score (nSPS) is 12.8. The average Bonchev–Trinajstić information content (AvgIpc) is 2.06. The highest BCUT2D eigenvalue weighted by molar-refractivity contribution is 5.10. The third-order valence-corrected chi connectivity index (χ3v) is 1.66. The van der Waals surface area contributed by atoms with Crippen molar-refractivity contribution in [3.8, 4) is 0 Å². The first-order valence-electron chi connectivity index (χ1n) is 4.04. The fourth-order valence-electron chi connectivity index (χ4n) is 1.10. The van der Waals surface area contributed by atoms with Gasteiger partial charge in [-0.05, 0) is 31.2 Å². The van der Waals surface area contributed by atoms with Crippen molar-refractivity contribution in [3.05, 3.63) is 30.1 Å². The predicted molar refractivity (Wildman–Crippen MR) is 47.9 cm³/mol. The van der Waals surface area contributed by atoms with Gasteiger partial charge in [0.15, 0.2) is 0 Å². The summed E-state index contributed by atoms with van der Waals surface area (Å²) in [5.74, 6) is 0. The lowest BCUT2D eigenvalue weighted by Crippen LogP contribution is -2.25. The van der Waals surface area contributed by atoms with E-state index < -0.39 is 0 Å². The minimum Gasteiger partial charge on any atom is -0.391 e. The van der Waals surface area contributed by atoms with Crippen LogP contribution in [0.2, 0.25) is 0 Å². The van der Waals surface area contributed by atoms with Crippen LogP contribution in [0.5, 0.6) is 0 Å². The summed E-state index contributed by atoms with van der Waals surface area (Å²) in [6.07, 6.45) is 3.85. The summed E-state index contributed by atoms with van der Waals surface area (Å²) in [7, 11) is 1.83. The van der Waals surface area contributed by atoms with Gasteiger partial charge in [-0.3, -0.25) is 4.98 Å². The van der Waals surface area contributed by atoms with E-state index in [1.54, 1.807) is 12.4 Å². The minimum atomic E-state index is -0.308. The van der Waals surface area contributed by atoms with E-state index >= 15 is 0 Å². The summed E-state index contributed by atoms with van der Waals surface area (Å²) >= 11 is 0. The number of pyridine rings is 1. The molecule has 1 aromatic heterocycles. The number of aromatic nitrogens is 1. The molecular formula is C9H14N2O. The Balaban J connectivity index is 2.41. The second-order valence-corrected chi connectivity index (χ2v) is 2.77. The van der Waals surface area contributed by atoms with Gasteiger partial charge < -0.3 is 10.4 Å². The van der Waals surface area contributed by atoms with Crippen LogP contribution >= 0.6 is 0 Å². The predicted octanol–water partition coefficient (Wildman–Crippen LogP) is 0.204. The van der Waals surface area contributed by atoms with Gasteiger partial charge in [-0.1, -0.05) is 0 Å². The maximum Gasteiger partial charge on any atom is 0.0704 e. The SMILES string of the molecule is CNCC(O)Cc1ccncc1. The van der Waals surface area contributed by atoms with Crippen LogP contribution in [0.1, 0.15) is 5.56 Å². The number of nitrogens with one attached hydrogen (secondary N) is 1. The van der Waals surface area contributed by atoms with Crippen LogP contribution in [0.3, 0.4) is 0 Å². The van der Waals surface area contributed by atoms with Crippen molar-refractivity contribution in [1.29, 1.82) is 0 Å². The number of nitrogens with zero attached hydrogens (tertiary/aromatic N) is 1. The zero-order valence-corrected chi connectivity index (χ0v) is 7.20. The van der Waals surface area contributed by atoms with Crippen molar-refractivity contribution in [2.75, 3.05) is 13.6 Å². The molecule has 1 atom stereocenters. The van der Waals surface area contributed by atoms with Crippen molar-refractivity contribution in [2.45, 2.75) is 12.5 Å². The first-order valence-corrected chi connectivity index (χ1v) is 4.04. The van der Waals surface area contributed by atoms with Crippen LogP contribution in [0.25, 0.3) is 0 Å². The van der Waals surface area contributed by atoms with E-state index in [9.17, 15) is 5.11 Å². The highest BCUT2D eigenvalue weighted by Gasteiger charge is 2.02. The number of likely N-dealkylation sites (N-methyl/N-ethyl adjacent to an activating group) is 1. The summed E-state index contributed by atoms with van der Waals surface area (Å²) < 4.78 is 0. The second kappa shape index (κ2) is 4.85. The van der Waals surface area contributed by atoms with Crippen LogP contribution in [-0.2, 0) is 6.42 Å². The second-order valence-electron chi connectivity index (χ2n) is 2.77. The number of aliphatic hydroxyl groups excluding tert-OH is 1. The summed E-state index contributed by atoms with van der Waals surface area (Å²) in [4.78, 5) is 3.90. The molecule has 0 aliphatic rings. The Bertz CT molecular complexity index is 213. The molecule has 66 valence electrons. The summed E-state index contributed by atoms with van der Waals surface area (Å²) in [6, 6.07) is 3.83. The minimum absolute atomic E-state index is 0.308. The van der Waals surface area contributed by atoms with E-state index in [4.69, 9.17) is 0 Å². The summed E-state index contributed by atoms with van der Waals surface area (Å²) in [6.45, 7) is 0.627. The van der Waals surface area contributed by atoms with Crippen molar-refractivity contribution in [1.82, 2.24) is 10.3 Å². The number of aliphatic hydroxyl groups is 1. The molecule has 0 amide bonds. The molecule has 0 spiro atoms. The molecule has 1 rings (SSSR count). The molecule has 2 N–H and O–H groups in total. The standard InChI is InChI=1S/C9H14N2O/c1-10-7-9(12)6-8-2-4-11-5-3-8/h2-5,9-10,12H,6-7H2,1H3. The first kappa shape index (κ1) is 9.16. The maximum atomic E-state index is 9.42. The van der Waals surface area contributed by atoms with Crippen LogP contribution in [-0.4, -0.2) is 29.8 Å². The molecule has 12 heavy (non-hydrogen) atoms. The Morgan fingerprint density at radius 2 is 2.17 bits per heavy atom. The van der Waals surface area contributed by atoms with Crippen LogP contribution < -0.4 is 5.32 Å². The van der Waals surface area contributed by atoms with Crippen molar-refractivity contribution >= 4 is 0 Å². The summed E-state index contributed by atoms with van der Waals surface area (Å²) in [5.41, 5.74) is 1.12. The van der Waals surface area contributed by atoms with E-state index in [0.717, 1.165) is 5.56 Å². The Kier molecular flexibility index (Phi) is 3.70. The Morgan fingerprint density at radius 1 is 1.50 bits per heavy atom. The highest BCUT2D eigenvalue weighted by Crippen LogP contribution is 2.00. The zero-order chi connectivity index (χ0) is 8.81. The Morgan fingerprint density at radius 3 is 2.75 bits per heavy atom. The number of hydrogen-bond acceptors (Lipinski definition) is 3. The molecule has 0 aliphatic carbocycles. The molecule has 0 bridgehead atoms. The van der Waals surface area contributed by atoms with E-state index in [0.29, 0.717) is 13.0 Å². The quantitative estimate of drug-likeness (QED) is 0.672. The first-order chi connectivity index (χ1) is 5.83. The monoisotopic (exact) mass is 166 g/mol. The molecular weight excluding hydrogens is 152 g/mol. The van der Waals surface area contributed by atoms with Crippen LogP contribution in [0, 0.1) is 0 Å². The Hall–Kier alpha value is -0.930. The Labute approximate surface area is 72.5 Å². The lowest BCUT2D eigenvalue weighted by atomic mass is 10.1. The lowest BCUT2D eigenvalue weighted by Gasteiger charge is -2.08. The van der Waals surface area contributed by atoms with Gasteiger partial charge in [0.25, 0.3) is 0 Å². The molecule has 3 nitrogen and oxygen atoms in total. The van der Waals surface area contributed by atoms with Gasteiger partial charge in [-0.25, -0.2) is 0 Å². The van der Waals surface area contributed by atoms with Gasteiger partial charge in [0.05, 0.1) is 6.10 Å². The molecule has 1 unspecified atom stereocenters. The maximum absolute atomic E-state index is 9.42. The highest BCUT2D eigenvalue weighted by atomic mass is 16.3. The van der Waals surface area contributed by atoms with Gasteiger partial charge in [0.2, 0.25) is 0 Å². The van der Waals surface area contributed by atoms with Gasteiger partial charge >= 0.3 is 0 Å². The van der Waals surface area contributed by atoms with Crippen molar-refractivity contribution in [3.63, 3.8) is 0 Å². The van der Waals surface area contributed by atoms with E-state index in [2.05, 4.69) is 10.3 Å². The molecule has 3 heteroatoms. The lowest BCUT2D eigenvalue weighted by molar-refractivity contribution is 0.175. The van der Waals surface area contributed by atoms with E-state index in [1.807, 2.05) is 19.2 Å².